The summed E-state index contributed by atoms with van der Waals surface area (Å²) >= 11 is 12.6. The molecule has 0 saturated carbocycles. The Morgan fingerprint density at radius 2 is 1.46 bits per heavy atom. The molecule has 0 N–H and O–H groups in total. The molecule has 3 aromatic carbocycles. The normalized spacial score (nSPS) is 23.3. The second-order valence-corrected chi connectivity index (χ2v) is 11.9. The lowest BCUT2D eigenvalue weighted by molar-refractivity contribution is -0.127. The Bertz CT molecular complexity index is 1480. The molecule has 3 atom stereocenters. The van der Waals surface area contributed by atoms with Crippen molar-refractivity contribution in [2.45, 2.75) is 38.8 Å². The minimum absolute atomic E-state index is 0.0397. The molecule has 0 amide bonds. The fourth-order valence-electron chi connectivity index (χ4n) is 6.43. The van der Waals surface area contributed by atoms with Crippen LogP contribution in [0.15, 0.2) is 72.8 Å². The van der Waals surface area contributed by atoms with Crippen molar-refractivity contribution in [1.82, 2.24) is 0 Å². The topological polar surface area (TPSA) is 54.5 Å². The summed E-state index contributed by atoms with van der Waals surface area (Å²) in [5, 5.41) is 1.11. The van der Waals surface area contributed by atoms with E-state index in [0.717, 1.165) is 16.8 Å². The van der Waals surface area contributed by atoms with Gasteiger partial charge in [-0.15, -0.1) is 0 Å². The number of benzene rings is 3. The zero-order valence-electron chi connectivity index (χ0n) is 20.7. The Morgan fingerprint density at radius 1 is 0.865 bits per heavy atom. The Labute approximate surface area is 225 Å². The van der Waals surface area contributed by atoms with Crippen LogP contribution < -0.4 is 4.90 Å². The van der Waals surface area contributed by atoms with Gasteiger partial charge in [0.15, 0.2) is 17.3 Å². The van der Waals surface area contributed by atoms with Crippen molar-refractivity contribution in [2.24, 2.45) is 10.8 Å². The number of Topliss-reactive ketones (excluding diaryl/α,β-unsaturated/α-hetero) is 3. The number of halogens is 2. The minimum Gasteiger partial charge on any atom is -0.352 e. The van der Waals surface area contributed by atoms with Gasteiger partial charge in [0, 0.05) is 38.2 Å². The van der Waals surface area contributed by atoms with Gasteiger partial charge in [-0.3, -0.25) is 14.4 Å². The summed E-state index contributed by atoms with van der Waals surface area (Å²) in [5.74, 6) is -1.24. The lowest BCUT2D eigenvalue weighted by Gasteiger charge is -2.38. The van der Waals surface area contributed by atoms with Crippen LogP contribution in [0.5, 0.6) is 0 Å². The van der Waals surface area contributed by atoms with E-state index in [2.05, 4.69) is 0 Å². The predicted octanol–water partition coefficient (Wildman–Crippen LogP) is 7.04. The van der Waals surface area contributed by atoms with E-state index in [9.17, 15) is 14.4 Å². The zero-order valence-corrected chi connectivity index (χ0v) is 22.2. The van der Waals surface area contributed by atoms with Gasteiger partial charge in [0.2, 0.25) is 0 Å². The van der Waals surface area contributed by atoms with Crippen molar-refractivity contribution in [3.05, 3.63) is 105 Å². The first-order chi connectivity index (χ1) is 17.6. The van der Waals surface area contributed by atoms with Gasteiger partial charge < -0.3 is 4.90 Å². The van der Waals surface area contributed by atoms with Crippen LogP contribution in [0.3, 0.4) is 0 Å². The van der Waals surface area contributed by atoms with Gasteiger partial charge in [0.25, 0.3) is 0 Å². The fourth-order valence-corrected chi connectivity index (χ4v) is 6.74. The molecule has 4 nitrogen and oxygen atoms in total. The van der Waals surface area contributed by atoms with Gasteiger partial charge in [-0.25, -0.2) is 0 Å². The fraction of sp³-hybridized carbons (Fsp3) is 0.258. The maximum Gasteiger partial charge on any atom is 0.180 e. The van der Waals surface area contributed by atoms with Crippen molar-refractivity contribution in [2.75, 3.05) is 4.90 Å². The second-order valence-electron chi connectivity index (χ2n) is 11.1. The molecule has 6 heteroatoms. The molecule has 1 saturated heterocycles. The van der Waals surface area contributed by atoms with Crippen LogP contribution in [0.25, 0.3) is 6.08 Å². The highest BCUT2D eigenvalue weighted by Gasteiger charge is 2.71. The van der Waals surface area contributed by atoms with Crippen molar-refractivity contribution in [1.29, 1.82) is 0 Å². The molecule has 0 aromatic heterocycles. The monoisotopic (exact) mass is 529 g/mol. The molecule has 3 aromatic rings. The van der Waals surface area contributed by atoms with Gasteiger partial charge in [-0.05, 0) is 41.5 Å². The third-order valence-electron chi connectivity index (χ3n) is 8.00. The van der Waals surface area contributed by atoms with E-state index >= 15 is 0 Å². The molecule has 1 aliphatic carbocycles. The van der Waals surface area contributed by atoms with Crippen molar-refractivity contribution < 1.29 is 14.4 Å². The van der Waals surface area contributed by atoms with Gasteiger partial charge in [-0.2, -0.15) is 0 Å². The quantitative estimate of drug-likeness (QED) is 0.334. The van der Waals surface area contributed by atoms with Crippen LogP contribution in [0, 0.1) is 10.8 Å². The standard InChI is InChI=1S/C31H25Cl2NO3/c1-30(2,3)29(37)26-25(17-8-11-19(32)12-9-17)31(27(35)21-6-4-5-7-22(21)28(31)36)24-15-10-18-16-20(33)13-14-23(18)34(24)26/h4-16,24-26H,1-3H3/t24-,25-,26-/m1/s1. The summed E-state index contributed by atoms with van der Waals surface area (Å²) in [7, 11) is 0. The Kier molecular flexibility index (Phi) is 5.31. The average molecular weight is 530 g/mol. The molecule has 0 radical (unpaired) electrons. The third-order valence-corrected chi connectivity index (χ3v) is 8.49. The Hall–Kier alpha value is -3.21. The first-order valence-corrected chi connectivity index (χ1v) is 13.1. The predicted molar refractivity (Wildman–Crippen MR) is 147 cm³/mol. The SMILES string of the molecule is CC(C)(C)C(=O)[C@H]1[C@@H](c2ccc(Cl)cc2)C2(C(=O)c3ccccc3C2=O)[C@H]2C=Cc3cc(Cl)ccc3N12. The highest BCUT2D eigenvalue weighted by Crippen LogP contribution is 2.61. The summed E-state index contributed by atoms with van der Waals surface area (Å²) in [5.41, 5.74) is 0.953. The molecule has 6 rings (SSSR count). The number of hydrogen-bond acceptors (Lipinski definition) is 4. The van der Waals surface area contributed by atoms with E-state index in [4.69, 9.17) is 23.2 Å². The van der Waals surface area contributed by atoms with E-state index in [-0.39, 0.29) is 17.3 Å². The molecular formula is C31H25Cl2NO3. The molecule has 1 spiro atoms. The first-order valence-electron chi connectivity index (χ1n) is 12.3. The Balaban J connectivity index is 1.70. The van der Waals surface area contributed by atoms with E-state index in [1.807, 2.05) is 62.1 Å². The maximum absolute atomic E-state index is 14.5. The lowest BCUT2D eigenvalue weighted by atomic mass is 9.63. The van der Waals surface area contributed by atoms with E-state index in [1.54, 1.807) is 42.5 Å². The summed E-state index contributed by atoms with van der Waals surface area (Å²) < 4.78 is 0. The highest BCUT2D eigenvalue weighted by molar-refractivity contribution is 6.33. The molecule has 1 fully saturated rings. The second kappa shape index (κ2) is 8.14. The van der Waals surface area contributed by atoms with E-state index < -0.39 is 28.8 Å². The summed E-state index contributed by atoms with van der Waals surface area (Å²) in [6.07, 6.45) is 3.82. The molecule has 2 aliphatic heterocycles. The highest BCUT2D eigenvalue weighted by atomic mass is 35.5. The van der Waals surface area contributed by atoms with Crippen molar-refractivity contribution in [3.8, 4) is 0 Å². The van der Waals surface area contributed by atoms with Crippen LogP contribution in [0.2, 0.25) is 10.0 Å². The van der Waals surface area contributed by atoms with E-state index in [1.165, 1.54) is 0 Å². The number of fused-ring (bicyclic) bond motifs is 5. The summed E-state index contributed by atoms with van der Waals surface area (Å²) in [6, 6.07) is 18.3. The molecule has 3 aliphatic rings. The van der Waals surface area contributed by atoms with Crippen LogP contribution >= 0.6 is 23.2 Å². The number of carbonyl (C=O) groups is 3. The number of anilines is 1. The van der Waals surface area contributed by atoms with Crippen LogP contribution in [0.1, 0.15) is 58.5 Å². The van der Waals surface area contributed by atoms with Gasteiger partial charge in [-0.1, -0.05) is 92.5 Å². The molecule has 2 heterocycles. The van der Waals surface area contributed by atoms with Crippen LogP contribution in [-0.4, -0.2) is 29.4 Å². The number of hydrogen-bond donors (Lipinski definition) is 0. The van der Waals surface area contributed by atoms with Gasteiger partial charge in [0.1, 0.15) is 5.41 Å². The van der Waals surface area contributed by atoms with Crippen molar-refractivity contribution in [3.63, 3.8) is 0 Å². The largest absolute Gasteiger partial charge is 0.352 e. The number of rotatable bonds is 2. The molecule has 0 bridgehead atoms. The molecule has 0 unspecified atom stereocenters. The van der Waals surface area contributed by atoms with Crippen molar-refractivity contribution >= 4 is 52.3 Å². The van der Waals surface area contributed by atoms with Gasteiger partial charge >= 0.3 is 0 Å². The third kappa shape index (κ3) is 3.25. The molecular weight excluding hydrogens is 505 g/mol. The van der Waals surface area contributed by atoms with Crippen LogP contribution in [0.4, 0.5) is 5.69 Å². The Morgan fingerprint density at radius 3 is 2.05 bits per heavy atom. The summed E-state index contributed by atoms with van der Waals surface area (Å²) in [6.45, 7) is 5.64. The summed E-state index contributed by atoms with van der Waals surface area (Å²) in [4.78, 5) is 45.3. The lowest BCUT2D eigenvalue weighted by Crippen LogP contribution is -2.49. The van der Waals surface area contributed by atoms with Crippen LogP contribution in [-0.2, 0) is 4.79 Å². The maximum atomic E-state index is 14.5. The minimum atomic E-state index is -1.50. The zero-order chi connectivity index (χ0) is 26.3. The average Bonchev–Trinajstić information content (AvgIpc) is 3.29. The molecule has 186 valence electrons. The first kappa shape index (κ1) is 24.1. The number of carbonyl (C=O) groups excluding carboxylic acids is 3. The molecule has 37 heavy (non-hydrogen) atoms. The number of ketones is 3. The van der Waals surface area contributed by atoms with E-state index in [0.29, 0.717) is 21.2 Å². The number of nitrogens with zero attached hydrogens (tertiary/aromatic N) is 1. The van der Waals surface area contributed by atoms with Gasteiger partial charge in [0.05, 0.1) is 12.1 Å². The smallest absolute Gasteiger partial charge is 0.180 e.